The Kier molecular flexibility index (Phi) is 3.72. The number of fused-ring (bicyclic) bond motifs is 1. The average Bonchev–Trinajstić information content (AvgIpc) is 2.85. The van der Waals surface area contributed by atoms with Gasteiger partial charge in [0.25, 0.3) is 10.0 Å². The Morgan fingerprint density at radius 3 is 2.90 bits per heavy atom. The van der Waals surface area contributed by atoms with E-state index in [9.17, 15) is 8.42 Å². The van der Waals surface area contributed by atoms with Crippen LogP contribution in [-0.4, -0.2) is 22.4 Å². The molecule has 0 radical (unpaired) electrons. The quantitative estimate of drug-likeness (QED) is 0.640. The molecule has 0 saturated carbocycles. The molecule has 0 bridgehead atoms. The van der Waals surface area contributed by atoms with Gasteiger partial charge in [0.1, 0.15) is 6.33 Å². The highest BCUT2D eigenvalue weighted by atomic mass is 32.2. The first kappa shape index (κ1) is 14.0. The second-order valence-corrected chi connectivity index (χ2v) is 6.10. The average molecular weight is 287 g/mol. The van der Waals surface area contributed by atoms with E-state index in [1.54, 1.807) is 13.0 Å². The van der Waals surface area contributed by atoms with E-state index >= 15 is 0 Å². The highest BCUT2D eigenvalue weighted by Gasteiger charge is 2.19. The van der Waals surface area contributed by atoms with E-state index in [1.807, 2.05) is 0 Å². The molecule has 2 aromatic heterocycles. The summed E-state index contributed by atoms with van der Waals surface area (Å²) in [5.41, 5.74) is 1.10. The molecule has 0 spiro atoms. The maximum Gasteiger partial charge on any atom is 0.265 e. The van der Waals surface area contributed by atoms with E-state index in [0.29, 0.717) is 11.0 Å². The van der Waals surface area contributed by atoms with E-state index in [4.69, 9.17) is 6.42 Å². The molecule has 0 aliphatic rings. The lowest BCUT2D eigenvalue weighted by molar-refractivity contribution is 0.595. The van der Waals surface area contributed by atoms with Crippen LogP contribution in [0.1, 0.15) is 12.6 Å². The van der Waals surface area contributed by atoms with Crippen LogP contribution in [0.4, 0.5) is 0 Å². The number of hydrogen-bond donors (Lipinski definition) is 0. The van der Waals surface area contributed by atoms with Crippen LogP contribution in [0.15, 0.2) is 41.7 Å². The standard InChI is InChI=1S/C14H13N3O2S/c1-4-5-6-7-11(2)20(18,19)17-9-8-13-12(3)15-10-16-14(13)17/h1,5-10H,2-3H3/b6-5-,11-7+. The van der Waals surface area contributed by atoms with E-state index in [1.165, 1.54) is 37.7 Å². The molecule has 0 N–H and O–H groups in total. The number of allylic oxidation sites excluding steroid dienone is 4. The van der Waals surface area contributed by atoms with Gasteiger partial charge in [0.05, 0.1) is 10.6 Å². The summed E-state index contributed by atoms with van der Waals surface area (Å²) in [6.45, 7) is 3.31. The molecule has 0 saturated heterocycles. The minimum atomic E-state index is -3.65. The molecule has 2 aromatic rings. The van der Waals surface area contributed by atoms with Crippen molar-refractivity contribution in [2.24, 2.45) is 0 Å². The number of aryl methyl sites for hydroxylation is 1. The summed E-state index contributed by atoms with van der Waals surface area (Å²) in [5.74, 6) is 2.30. The van der Waals surface area contributed by atoms with Crippen molar-refractivity contribution in [3.8, 4) is 12.3 Å². The van der Waals surface area contributed by atoms with Crippen LogP contribution in [-0.2, 0) is 10.0 Å². The lowest BCUT2D eigenvalue weighted by Gasteiger charge is -2.06. The van der Waals surface area contributed by atoms with Crippen molar-refractivity contribution in [1.29, 1.82) is 0 Å². The van der Waals surface area contributed by atoms with Gasteiger partial charge < -0.3 is 0 Å². The molecule has 0 unspecified atom stereocenters. The first-order valence-corrected chi connectivity index (χ1v) is 7.26. The fourth-order valence-corrected chi connectivity index (χ4v) is 2.88. The van der Waals surface area contributed by atoms with Crippen LogP contribution in [0.2, 0.25) is 0 Å². The highest BCUT2D eigenvalue weighted by molar-refractivity contribution is 7.93. The van der Waals surface area contributed by atoms with Crippen LogP contribution in [0.3, 0.4) is 0 Å². The predicted molar refractivity (Wildman–Crippen MR) is 78.3 cm³/mol. The molecule has 2 heterocycles. The molecule has 0 aromatic carbocycles. The van der Waals surface area contributed by atoms with Crippen molar-refractivity contribution < 1.29 is 8.42 Å². The lowest BCUT2D eigenvalue weighted by Crippen LogP contribution is -2.13. The van der Waals surface area contributed by atoms with Crippen LogP contribution in [0, 0.1) is 19.3 Å². The van der Waals surface area contributed by atoms with Gasteiger partial charge in [-0.15, -0.1) is 6.42 Å². The zero-order chi connectivity index (χ0) is 14.8. The van der Waals surface area contributed by atoms with Gasteiger partial charge in [-0.2, -0.15) is 0 Å². The maximum absolute atomic E-state index is 12.5. The Hall–Kier alpha value is -2.39. The Balaban J connectivity index is 2.59. The fraction of sp³-hybridized carbons (Fsp3) is 0.143. The summed E-state index contributed by atoms with van der Waals surface area (Å²) >= 11 is 0. The molecule has 0 atom stereocenters. The molecule has 0 aliphatic carbocycles. The summed E-state index contributed by atoms with van der Waals surface area (Å²) < 4.78 is 26.1. The van der Waals surface area contributed by atoms with Gasteiger partial charge in [-0.1, -0.05) is 12.0 Å². The molecule has 0 fully saturated rings. The second-order valence-electron chi connectivity index (χ2n) is 4.12. The second kappa shape index (κ2) is 5.31. The Morgan fingerprint density at radius 1 is 1.45 bits per heavy atom. The predicted octanol–water partition coefficient (Wildman–Crippen LogP) is 2.01. The third-order valence-corrected chi connectivity index (χ3v) is 4.60. The summed E-state index contributed by atoms with van der Waals surface area (Å²) in [7, 11) is -3.65. The largest absolute Gasteiger partial charge is 0.265 e. The Bertz CT molecular complexity index is 852. The SMILES string of the molecule is C#C/C=C\C=C(/C)S(=O)(=O)n1ccc2c(C)ncnc21. The number of nitrogens with zero attached hydrogens (tertiary/aromatic N) is 3. The van der Waals surface area contributed by atoms with Gasteiger partial charge in [0, 0.05) is 11.6 Å². The van der Waals surface area contributed by atoms with Crippen molar-refractivity contribution in [2.45, 2.75) is 13.8 Å². The van der Waals surface area contributed by atoms with Crippen molar-refractivity contribution >= 4 is 21.1 Å². The summed E-state index contributed by atoms with van der Waals surface area (Å²) in [6.07, 6.45) is 12.3. The topological polar surface area (TPSA) is 64.8 Å². The number of rotatable bonds is 3. The van der Waals surface area contributed by atoms with Crippen molar-refractivity contribution in [3.63, 3.8) is 0 Å². The Labute approximate surface area is 117 Å². The molecule has 102 valence electrons. The zero-order valence-corrected chi connectivity index (χ0v) is 11.9. The van der Waals surface area contributed by atoms with E-state index in [2.05, 4.69) is 15.9 Å². The van der Waals surface area contributed by atoms with Gasteiger partial charge in [-0.3, -0.25) is 0 Å². The summed E-state index contributed by atoms with van der Waals surface area (Å²) in [5, 5.41) is 0.711. The smallest absolute Gasteiger partial charge is 0.241 e. The van der Waals surface area contributed by atoms with Gasteiger partial charge in [-0.25, -0.2) is 22.4 Å². The molecule has 5 nitrogen and oxygen atoms in total. The van der Waals surface area contributed by atoms with Gasteiger partial charge >= 0.3 is 0 Å². The fourth-order valence-electron chi connectivity index (χ4n) is 1.73. The lowest BCUT2D eigenvalue weighted by atomic mass is 10.3. The van der Waals surface area contributed by atoms with Crippen molar-refractivity contribution in [1.82, 2.24) is 13.9 Å². The molecule has 2 rings (SSSR count). The van der Waals surface area contributed by atoms with Crippen LogP contribution >= 0.6 is 0 Å². The van der Waals surface area contributed by atoms with Crippen LogP contribution in [0.5, 0.6) is 0 Å². The summed E-state index contributed by atoms with van der Waals surface area (Å²) in [6, 6.07) is 1.69. The maximum atomic E-state index is 12.5. The first-order valence-electron chi connectivity index (χ1n) is 5.82. The van der Waals surface area contributed by atoms with Crippen LogP contribution in [0.25, 0.3) is 11.0 Å². The van der Waals surface area contributed by atoms with E-state index < -0.39 is 10.0 Å². The number of hydrogen-bond acceptors (Lipinski definition) is 4. The number of aromatic nitrogens is 3. The third-order valence-electron chi connectivity index (χ3n) is 2.84. The highest BCUT2D eigenvalue weighted by Crippen LogP contribution is 2.20. The summed E-state index contributed by atoms with van der Waals surface area (Å²) in [4.78, 5) is 8.26. The number of terminal acetylenes is 1. The normalized spacial score (nSPS) is 12.9. The van der Waals surface area contributed by atoms with Crippen molar-refractivity contribution in [3.05, 3.63) is 47.4 Å². The molecule has 20 heavy (non-hydrogen) atoms. The molecule has 0 aliphatic heterocycles. The van der Waals surface area contributed by atoms with Gasteiger partial charge in [0.15, 0.2) is 5.65 Å². The van der Waals surface area contributed by atoms with Gasteiger partial charge in [-0.05, 0) is 32.1 Å². The van der Waals surface area contributed by atoms with E-state index in [0.717, 1.165) is 9.67 Å². The zero-order valence-electron chi connectivity index (χ0n) is 11.1. The van der Waals surface area contributed by atoms with Gasteiger partial charge in [0.2, 0.25) is 0 Å². The minimum Gasteiger partial charge on any atom is -0.241 e. The Morgan fingerprint density at radius 2 is 2.20 bits per heavy atom. The molecular formula is C14H13N3O2S. The monoisotopic (exact) mass is 287 g/mol. The minimum absolute atomic E-state index is 0.178. The van der Waals surface area contributed by atoms with E-state index in [-0.39, 0.29) is 4.91 Å². The van der Waals surface area contributed by atoms with Crippen LogP contribution < -0.4 is 0 Å². The third kappa shape index (κ3) is 2.36. The molecule has 6 heteroatoms. The first-order chi connectivity index (χ1) is 9.48. The molecular weight excluding hydrogens is 274 g/mol. The van der Waals surface area contributed by atoms with Crippen molar-refractivity contribution in [2.75, 3.05) is 0 Å². The molecule has 0 amide bonds.